The molecule has 0 amide bonds. The van der Waals surface area contributed by atoms with Crippen molar-refractivity contribution in [1.82, 2.24) is 0 Å². The van der Waals surface area contributed by atoms with Crippen molar-refractivity contribution in [3.8, 4) is 11.5 Å². The zero-order valence-electron chi connectivity index (χ0n) is 11.8. The number of rotatable bonds is 5. The molecule has 0 atom stereocenters. The van der Waals surface area contributed by atoms with E-state index < -0.39 is 0 Å². The number of nitrogens with zero attached hydrogens (tertiary/aromatic N) is 1. The SMILES string of the molecule is COc1ccc(Br)cc1COc1cccc(C(C)=NO)c1. The van der Waals surface area contributed by atoms with Crippen LogP contribution in [0.3, 0.4) is 0 Å². The van der Waals surface area contributed by atoms with Crippen molar-refractivity contribution in [2.24, 2.45) is 5.16 Å². The van der Waals surface area contributed by atoms with Gasteiger partial charge in [0.05, 0.1) is 12.8 Å². The highest BCUT2D eigenvalue weighted by Gasteiger charge is 2.06. The molecule has 0 aromatic heterocycles. The predicted octanol–water partition coefficient (Wildman–Crippen LogP) is 4.23. The molecular formula is C16H16BrNO3. The Hall–Kier alpha value is -2.01. The molecule has 5 heteroatoms. The summed E-state index contributed by atoms with van der Waals surface area (Å²) in [5, 5.41) is 12.0. The van der Waals surface area contributed by atoms with Crippen LogP contribution in [0, 0.1) is 0 Å². The number of halogens is 1. The number of hydrogen-bond donors (Lipinski definition) is 1. The number of benzene rings is 2. The van der Waals surface area contributed by atoms with E-state index >= 15 is 0 Å². The number of oxime groups is 1. The fourth-order valence-corrected chi connectivity index (χ4v) is 2.30. The molecule has 0 aliphatic rings. The van der Waals surface area contributed by atoms with Gasteiger partial charge in [0.25, 0.3) is 0 Å². The van der Waals surface area contributed by atoms with Crippen molar-refractivity contribution in [2.45, 2.75) is 13.5 Å². The second-order valence-corrected chi connectivity index (χ2v) is 5.37. The molecule has 0 aliphatic heterocycles. The minimum atomic E-state index is 0.390. The van der Waals surface area contributed by atoms with Gasteiger partial charge in [0.15, 0.2) is 0 Å². The van der Waals surface area contributed by atoms with Crippen LogP contribution in [0.1, 0.15) is 18.1 Å². The second kappa shape index (κ2) is 7.13. The lowest BCUT2D eigenvalue weighted by Gasteiger charge is -2.11. The van der Waals surface area contributed by atoms with Crippen LogP contribution in [-0.4, -0.2) is 18.0 Å². The van der Waals surface area contributed by atoms with Gasteiger partial charge in [-0.25, -0.2) is 0 Å². The Morgan fingerprint density at radius 3 is 2.76 bits per heavy atom. The third kappa shape index (κ3) is 3.98. The van der Waals surface area contributed by atoms with E-state index in [4.69, 9.17) is 14.7 Å². The highest BCUT2D eigenvalue weighted by atomic mass is 79.9. The summed E-state index contributed by atoms with van der Waals surface area (Å²) in [6.07, 6.45) is 0. The summed E-state index contributed by atoms with van der Waals surface area (Å²) >= 11 is 3.44. The van der Waals surface area contributed by atoms with E-state index in [-0.39, 0.29) is 0 Å². The third-order valence-corrected chi connectivity index (χ3v) is 3.53. The van der Waals surface area contributed by atoms with Crippen LogP contribution in [0.2, 0.25) is 0 Å². The van der Waals surface area contributed by atoms with Crippen LogP contribution in [0.4, 0.5) is 0 Å². The first-order valence-electron chi connectivity index (χ1n) is 6.38. The topological polar surface area (TPSA) is 51.0 Å². The lowest BCUT2D eigenvalue weighted by atomic mass is 10.1. The van der Waals surface area contributed by atoms with Crippen LogP contribution in [0.25, 0.3) is 0 Å². The lowest BCUT2D eigenvalue weighted by Crippen LogP contribution is -2.00. The summed E-state index contributed by atoms with van der Waals surface area (Å²) in [5.41, 5.74) is 2.31. The molecule has 2 aromatic rings. The molecule has 2 aromatic carbocycles. The Kier molecular flexibility index (Phi) is 5.22. The molecule has 110 valence electrons. The highest BCUT2D eigenvalue weighted by Crippen LogP contribution is 2.25. The third-order valence-electron chi connectivity index (χ3n) is 3.04. The molecule has 0 radical (unpaired) electrons. The molecule has 0 heterocycles. The smallest absolute Gasteiger partial charge is 0.125 e. The molecule has 0 saturated carbocycles. The van der Waals surface area contributed by atoms with Crippen LogP contribution >= 0.6 is 15.9 Å². The Balaban J connectivity index is 2.15. The first kappa shape index (κ1) is 15.4. The monoisotopic (exact) mass is 349 g/mol. The predicted molar refractivity (Wildman–Crippen MR) is 85.5 cm³/mol. The molecule has 4 nitrogen and oxygen atoms in total. The van der Waals surface area contributed by atoms with Gasteiger partial charge in [-0.2, -0.15) is 0 Å². The van der Waals surface area contributed by atoms with Crippen LogP contribution in [-0.2, 0) is 6.61 Å². The number of methoxy groups -OCH3 is 1. The minimum Gasteiger partial charge on any atom is -0.496 e. The van der Waals surface area contributed by atoms with Gasteiger partial charge in [0.1, 0.15) is 18.1 Å². The van der Waals surface area contributed by atoms with E-state index in [0.29, 0.717) is 18.1 Å². The van der Waals surface area contributed by atoms with E-state index in [2.05, 4.69) is 21.1 Å². The van der Waals surface area contributed by atoms with E-state index in [9.17, 15) is 0 Å². The summed E-state index contributed by atoms with van der Waals surface area (Å²) in [7, 11) is 1.63. The Labute approximate surface area is 132 Å². The lowest BCUT2D eigenvalue weighted by molar-refractivity contribution is 0.296. The molecule has 1 N–H and O–H groups in total. The van der Waals surface area contributed by atoms with Crippen molar-refractivity contribution in [1.29, 1.82) is 0 Å². The van der Waals surface area contributed by atoms with Crippen molar-refractivity contribution in [2.75, 3.05) is 7.11 Å². The average molecular weight is 350 g/mol. The highest BCUT2D eigenvalue weighted by molar-refractivity contribution is 9.10. The van der Waals surface area contributed by atoms with Gasteiger partial charge in [0, 0.05) is 15.6 Å². The zero-order valence-corrected chi connectivity index (χ0v) is 13.4. The van der Waals surface area contributed by atoms with Crippen molar-refractivity contribution in [3.05, 3.63) is 58.1 Å². The summed E-state index contributed by atoms with van der Waals surface area (Å²) in [6, 6.07) is 13.2. The normalized spacial score (nSPS) is 11.3. The standard InChI is InChI=1S/C16H16BrNO3/c1-11(18-19)12-4-3-5-15(9-12)21-10-13-8-14(17)6-7-16(13)20-2/h3-9,19H,10H2,1-2H3. The van der Waals surface area contributed by atoms with Gasteiger partial charge in [-0.05, 0) is 37.3 Å². The maximum absolute atomic E-state index is 8.81. The van der Waals surface area contributed by atoms with Crippen molar-refractivity contribution in [3.63, 3.8) is 0 Å². The van der Waals surface area contributed by atoms with Gasteiger partial charge in [-0.1, -0.05) is 33.2 Å². The Morgan fingerprint density at radius 2 is 2.05 bits per heavy atom. The van der Waals surface area contributed by atoms with Crippen LogP contribution in [0.5, 0.6) is 11.5 Å². The first-order valence-corrected chi connectivity index (χ1v) is 7.17. The van der Waals surface area contributed by atoms with E-state index in [1.807, 2.05) is 42.5 Å². The van der Waals surface area contributed by atoms with Gasteiger partial charge < -0.3 is 14.7 Å². The second-order valence-electron chi connectivity index (χ2n) is 4.46. The minimum absolute atomic E-state index is 0.390. The quantitative estimate of drug-likeness (QED) is 0.499. The summed E-state index contributed by atoms with van der Waals surface area (Å²) in [5.74, 6) is 1.49. The van der Waals surface area contributed by atoms with E-state index in [0.717, 1.165) is 21.3 Å². The fourth-order valence-electron chi connectivity index (χ4n) is 1.89. The molecule has 0 aliphatic carbocycles. The van der Waals surface area contributed by atoms with E-state index in [1.54, 1.807) is 14.0 Å². The molecular weight excluding hydrogens is 334 g/mol. The average Bonchev–Trinajstić information content (AvgIpc) is 2.52. The molecule has 0 unspecified atom stereocenters. The summed E-state index contributed by atoms with van der Waals surface area (Å²) in [4.78, 5) is 0. The maximum Gasteiger partial charge on any atom is 0.125 e. The molecule has 2 rings (SSSR count). The number of hydrogen-bond acceptors (Lipinski definition) is 4. The Bertz CT molecular complexity index is 656. The largest absolute Gasteiger partial charge is 0.496 e. The van der Waals surface area contributed by atoms with Gasteiger partial charge in [-0.3, -0.25) is 0 Å². The first-order chi connectivity index (χ1) is 10.1. The molecule has 0 bridgehead atoms. The molecule has 0 saturated heterocycles. The molecule has 0 spiro atoms. The number of ether oxygens (including phenoxy) is 2. The summed E-state index contributed by atoms with van der Waals surface area (Å²) in [6.45, 7) is 2.12. The molecule has 0 fully saturated rings. The fraction of sp³-hybridized carbons (Fsp3) is 0.188. The summed E-state index contributed by atoms with van der Waals surface area (Å²) < 4.78 is 12.1. The van der Waals surface area contributed by atoms with Gasteiger partial charge in [0.2, 0.25) is 0 Å². The van der Waals surface area contributed by atoms with Gasteiger partial charge >= 0.3 is 0 Å². The van der Waals surface area contributed by atoms with Crippen LogP contribution < -0.4 is 9.47 Å². The van der Waals surface area contributed by atoms with Crippen molar-refractivity contribution < 1.29 is 14.7 Å². The zero-order chi connectivity index (χ0) is 15.2. The van der Waals surface area contributed by atoms with E-state index in [1.165, 1.54) is 0 Å². The Morgan fingerprint density at radius 1 is 1.24 bits per heavy atom. The van der Waals surface area contributed by atoms with Crippen LogP contribution in [0.15, 0.2) is 52.1 Å². The van der Waals surface area contributed by atoms with Crippen molar-refractivity contribution >= 4 is 21.6 Å². The molecule has 21 heavy (non-hydrogen) atoms. The van der Waals surface area contributed by atoms with Gasteiger partial charge in [-0.15, -0.1) is 0 Å². The maximum atomic E-state index is 8.81.